The molecule has 0 aromatic carbocycles. The number of hydrogen-bond acceptors (Lipinski definition) is 1. The molecule has 4 aliphatic carbocycles. The number of carboxylic acid groups (broad SMARTS) is 1. The van der Waals surface area contributed by atoms with Gasteiger partial charge in [-0.05, 0) is 85.0 Å². The number of rotatable bonds is 2. The fourth-order valence-corrected chi connectivity index (χ4v) is 7.32. The molecule has 0 heterocycles. The summed E-state index contributed by atoms with van der Waals surface area (Å²) in [5.41, 5.74) is 2.09. The van der Waals surface area contributed by atoms with Crippen molar-refractivity contribution >= 4 is 5.97 Å². The molecule has 1 N–H and O–H groups in total. The van der Waals surface area contributed by atoms with Crippen LogP contribution < -0.4 is 0 Å². The highest BCUT2D eigenvalue weighted by atomic mass is 16.4. The van der Waals surface area contributed by atoms with E-state index in [1.54, 1.807) is 0 Å². The smallest absolute Gasteiger partial charge is 0.328 e. The van der Waals surface area contributed by atoms with Crippen molar-refractivity contribution in [2.75, 3.05) is 0 Å². The SMILES string of the molecule is C[C@]12CCCCC1CC[C@@H]1[C@@H]2CC[C@]2(C)C(C=CC(=O)O)=CC[C@@H]12. The average molecular weight is 328 g/mol. The Labute approximate surface area is 146 Å². The van der Waals surface area contributed by atoms with Crippen molar-refractivity contribution < 1.29 is 9.90 Å². The van der Waals surface area contributed by atoms with Gasteiger partial charge in [0.1, 0.15) is 0 Å². The Balaban J connectivity index is 1.59. The van der Waals surface area contributed by atoms with E-state index < -0.39 is 5.97 Å². The van der Waals surface area contributed by atoms with Crippen LogP contribution in [0.3, 0.4) is 0 Å². The van der Waals surface area contributed by atoms with Crippen molar-refractivity contribution in [1.29, 1.82) is 0 Å². The first-order valence-corrected chi connectivity index (χ1v) is 10.1. The zero-order valence-electron chi connectivity index (χ0n) is 15.3. The summed E-state index contributed by atoms with van der Waals surface area (Å²) >= 11 is 0. The lowest BCUT2D eigenvalue weighted by Crippen LogP contribution is -2.52. The second-order valence-electron chi connectivity index (χ2n) is 9.43. The highest BCUT2D eigenvalue weighted by Crippen LogP contribution is 2.66. The fourth-order valence-electron chi connectivity index (χ4n) is 7.32. The van der Waals surface area contributed by atoms with E-state index in [1.165, 1.54) is 63.0 Å². The summed E-state index contributed by atoms with van der Waals surface area (Å²) in [5.74, 6) is 2.65. The molecule has 3 saturated carbocycles. The Hall–Kier alpha value is -1.05. The maximum Gasteiger partial charge on any atom is 0.328 e. The van der Waals surface area contributed by atoms with Gasteiger partial charge in [0.2, 0.25) is 0 Å². The third-order valence-corrected chi connectivity index (χ3v) is 8.63. The number of carbonyl (C=O) groups is 1. The van der Waals surface area contributed by atoms with E-state index in [2.05, 4.69) is 19.9 Å². The van der Waals surface area contributed by atoms with Crippen LogP contribution in [0.4, 0.5) is 0 Å². The van der Waals surface area contributed by atoms with Crippen LogP contribution in [0.5, 0.6) is 0 Å². The quantitative estimate of drug-likeness (QED) is 0.670. The van der Waals surface area contributed by atoms with Crippen LogP contribution in [0, 0.1) is 34.5 Å². The van der Waals surface area contributed by atoms with Gasteiger partial charge in [-0.2, -0.15) is 0 Å². The number of aliphatic carboxylic acids is 1. The third kappa shape index (κ3) is 2.32. The van der Waals surface area contributed by atoms with Crippen molar-refractivity contribution in [3.63, 3.8) is 0 Å². The molecule has 0 aromatic rings. The Kier molecular flexibility index (Phi) is 3.93. The van der Waals surface area contributed by atoms with Gasteiger partial charge in [-0.1, -0.05) is 38.8 Å². The first kappa shape index (κ1) is 16.4. The topological polar surface area (TPSA) is 37.3 Å². The fraction of sp³-hybridized carbons (Fsp3) is 0.773. The van der Waals surface area contributed by atoms with Crippen LogP contribution in [-0.4, -0.2) is 11.1 Å². The summed E-state index contributed by atoms with van der Waals surface area (Å²) in [7, 11) is 0. The molecule has 4 aliphatic rings. The van der Waals surface area contributed by atoms with Crippen LogP contribution in [-0.2, 0) is 4.79 Å². The lowest BCUT2D eigenvalue weighted by molar-refractivity contribution is -0.131. The molecule has 0 amide bonds. The van der Waals surface area contributed by atoms with Gasteiger partial charge >= 0.3 is 5.97 Å². The molecule has 4 rings (SSSR count). The molecule has 0 bridgehead atoms. The van der Waals surface area contributed by atoms with Crippen LogP contribution >= 0.6 is 0 Å². The summed E-state index contributed by atoms with van der Waals surface area (Å²) in [5, 5.41) is 8.99. The van der Waals surface area contributed by atoms with Gasteiger partial charge in [0.15, 0.2) is 0 Å². The van der Waals surface area contributed by atoms with Crippen LogP contribution in [0.2, 0.25) is 0 Å². The van der Waals surface area contributed by atoms with Gasteiger partial charge in [-0.25, -0.2) is 4.79 Å². The largest absolute Gasteiger partial charge is 0.478 e. The molecule has 0 radical (unpaired) electrons. The van der Waals surface area contributed by atoms with E-state index in [0.717, 1.165) is 30.1 Å². The average Bonchev–Trinajstić information content (AvgIpc) is 2.89. The summed E-state index contributed by atoms with van der Waals surface area (Å²) in [6, 6.07) is 0. The monoisotopic (exact) mass is 328 g/mol. The zero-order valence-corrected chi connectivity index (χ0v) is 15.3. The molecule has 2 heteroatoms. The molecule has 24 heavy (non-hydrogen) atoms. The van der Waals surface area contributed by atoms with Crippen molar-refractivity contribution in [3.05, 3.63) is 23.8 Å². The summed E-state index contributed by atoms with van der Waals surface area (Å²) < 4.78 is 0. The number of carboxylic acids is 1. The highest BCUT2D eigenvalue weighted by Gasteiger charge is 2.57. The number of fused-ring (bicyclic) bond motifs is 5. The van der Waals surface area contributed by atoms with Crippen molar-refractivity contribution in [3.8, 4) is 0 Å². The number of hydrogen-bond donors (Lipinski definition) is 1. The Morgan fingerprint density at radius 1 is 1.12 bits per heavy atom. The Bertz CT molecular complexity index is 589. The summed E-state index contributed by atoms with van der Waals surface area (Å²) in [6.07, 6.45) is 18.0. The molecular formula is C22H32O2. The first-order chi connectivity index (χ1) is 11.4. The van der Waals surface area contributed by atoms with Gasteiger partial charge < -0.3 is 5.11 Å². The molecule has 6 atom stereocenters. The standard InChI is InChI=1S/C22H32O2/c1-21-13-4-3-5-15(21)6-9-17-18-10-7-16(8-11-20(23)24)22(18,2)14-12-19(17)21/h7-8,11,15,17-19H,3-6,9-10,12-14H2,1-2H3,(H,23,24)/t15?,17-,18-,19-,21-,22+/m0/s1. The Morgan fingerprint density at radius 2 is 1.96 bits per heavy atom. The zero-order chi connectivity index (χ0) is 16.9. The lowest BCUT2D eigenvalue weighted by atomic mass is 9.45. The van der Waals surface area contributed by atoms with E-state index in [4.69, 9.17) is 5.11 Å². The van der Waals surface area contributed by atoms with E-state index in [0.29, 0.717) is 5.41 Å². The normalized spacial score (nSPS) is 47.7. The minimum atomic E-state index is -0.827. The summed E-state index contributed by atoms with van der Waals surface area (Å²) in [6.45, 7) is 5.03. The molecule has 132 valence electrons. The molecule has 0 aromatic heterocycles. The van der Waals surface area contributed by atoms with Gasteiger partial charge in [0.05, 0.1) is 0 Å². The second kappa shape index (κ2) is 5.75. The van der Waals surface area contributed by atoms with Crippen molar-refractivity contribution in [2.24, 2.45) is 34.5 Å². The molecule has 0 saturated heterocycles. The van der Waals surface area contributed by atoms with E-state index in [1.807, 2.05) is 6.08 Å². The second-order valence-corrected chi connectivity index (χ2v) is 9.43. The Morgan fingerprint density at radius 3 is 2.75 bits per heavy atom. The molecule has 2 nitrogen and oxygen atoms in total. The van der Waals surface area contributed by atoms with Crippen molar-refractivity contribution in [1.82, 2.24) is 0 Å². The predicted octanol–water partition coefficient (Wildman–Crippen LogP) is 5.60. The maximum absolute atomic E-state index is 10.9. The minimum Gasteiger partial charge on any atom is -0.478 e. The van der Waals surface area contributed by atoms with Gasteiger partial charge in [-0.3, -0.25) is 0 Å². The molecular weight excluding hydrogens is 296 g/mol. The van der Waals surface area contributed by atoms with Gasteiger partial charge in [0, 0.05) is 6.08 Å². The molecule has 0 aliphatic heterocycles. The lowest BCUT2D eigenvalue weighted by Gasteiger charge is -2.60. The van der Waals surface area contributed by atoms with Gasteiger partial charge in [0.25, 0.3) is 0 Å². The van der Waals surface area contributed by atoms with Crippen LogP contribution in [0.1, 0.15) is 71.6 Å². The first-order valence-electron chi connectivity index (χ1n) is 10.1. The van der Waals surface area contributed by atoms with Crippen molar-refractivity contribution in [2.45, 2.75) is 71.6 Å². The van der Waals surface area contributed by atoms with E-state index >= 15 is 0 Å². The highest BCUT2D eigenvalue weighted by molar-refractivity contribution is 5.80. The van der Waals surface area contributed by atoms with E-state index in [-0.39, 0.29) is 5.41 Å². The van der Waals surface area contributed by atoms with E-state index in [9.17, 15) is 4.79 Å². The molecule has 0 spiro atoms. The minimum absolute atomic E-state index is 0.213. The predicted molar refractivity (Wildman–Crippen MR) is 96.6 cm³/mol. The molecule has 1 unspecified atom stereocenters. The van der Waals surface area contributed by atoms with Crippen LogP contribution in [0.15, 0.2) is 23.8 Å². The third-order valence-electron chi connectivity index (χ3n) is 8.63. The van der Waals surface area contributed by atoms with Crippen LogP contribution in [0.25, 0.3) is 0 Å². The molecule has 3 fully saturated rings. The maximum atomic E-state index is 10.9. The summed E-state index contributed by atoms with van der Waals surface area (Å²) in [4.78, 5) is 10.9. The number of allylic oxidation sites excluding steroid dienone is 3. The van der Waals surface area contributed by atoms with Gasteiger partial charge in [-0.15, -0.1) is 0 Å².